The molecule has 0 saturated heterocycles. The van der Waals surface area contributed by atoms with E-state index in [1.54, 1.807) is 26.6 Å². The lowest BCUT2D eigenvalue weighted by Crippen LogP contribution is -2.04. The number of aromatic nitrogens is 4. The van der Waals surface area contributed by atoms with Crippen molar-refractivity contribution in [1.29, 1.82) is 0 Å². The maximum atomic E-state index is 5.46. The standard InChI is InChI=1S/C15H13BrN4O2/c1-21-11-6-3-7-12(22-2)13(11)20-14(18-19-15(20)16)10-5-4-8-17-9-10/h3-9H,1-2H3. The number of hydrogen-bond donors (Lipinski definition) is 0. The fraction of sp³-hybridized carbons (Fsp3) is 0.133. The van der Waals surface area contributed by atoms with Crippen molar-refractivity contribution in [1.82, 2.24) is 19.7 Å². The molecule has 6 nitrogen and oxygen atoms in total. The fourth-order valence-electron chi connectivity index (χ4n) is 2.20. The molecule has 112 valence electrons. The summed E-state index contributed by atoms with van der Waals surface area (Å²) in [4.78, 5) is 4.13. The summed E-state index contributed by atoms with van der Waals surface area (Å²) in [5, 5.41) is 8.34. The topological polar surface area (TPSA) is 62.1 Å². The van der Waals surface area contributed by atoms with E-state index in [9.17, 15) is 0 Å². The SMILES string of the molecule is COc1cccc(OC)c1-n1c(Br)nnc1-c1cccnc1. The van der Waals surface area contributed by atoms with Crippen LogP contribution in [0, 0.1) is 0 Å². The maximum absolute atomic E-state index is 5.46. The molecule has 2 heterocycles. The molecule has 0 radical (unpaired) electrons. The van der Waals surface area contributed by atoms with Crippen LogP contribution in [-0.4, -0.2) is 34.0 Å². The van der Waals surface area contributed by atoms with Crippen molar-refractivity contribution in [2.75, 3.05) is 14.2 Å². The Morgan fingerprint density at radius 3 is 2.32 bits per heavy atom. The number of ether oxygens (including phenoxy) is 2. The highest BCUT2D eigenvalue weighted by molar-refractivity contribution is 9.10. The van der Waals surface area contributed by atoms with Gasteiger partial charge in [0.25, 0.3) is 0 Å². The molecule has 0 aliphatic carbocycles. The minimum Gasteiger partial charge on any atom is -0.494 e. The Bertz CT molecular complexity index is 767. The second-order valence-corrected chi connectivity index (χ2v) is 5.09. The molecule has 22 heavy (non-hydrogen) atoms. The van der Waals surface area contributed by atoms with Crippen molar-refractivity contribution >= 4 is 15.9 Å². The van der Waals surface area contributed by atoms with Gasteiger partial charge in [-0.3, -0.25) is 9.55 Å². The van der Waals surface area contributed by atoms with Gasteiger partial charge in [0.2, 0.25) is 4.73 Å². The molecule has 0 amide bonds. The molecule has 0 atom stereocenters. The molecule has 0 saturated carbocycles. The Hall–Kier alpha value is -2.41. The zero-order valence-electron chi connectivity index (χ0n) is 12.0. The van der Waals surface area contributed by atoms with Crippen LogP contribution < -0.4 is 9.47 Å². The number of hydrogen-bond acceptors (Lipinski definition) is 5. The monoisotopic (exact) mass is 360 g/mol. The van der Waals surface area contributed by atoms with Gasteiger partial charge in [-0.15, -0.1) is 10.2 Å². The van der Waals surface area contributed by atoms with Crippen molar-refractivity contribution < 1.29 is 9.47 Å². The lowest BCUT2D eigenvalue weighted by atomic mass is 10.2. The van der Waals surface area contributed by atoms with Crippen molar-refractivity contribution in [2.45, 2.75) is 0 Å². The first-order valence-electron chi connectivity index (χ1n) is 6.49. The molecule has 3 rings (SSSR count). The van der Waals surface area contributed by atoms with Gasteiger partial charge in [-0.2, -0.15) is 0 Å². The van der Waals surface area contributed by atoms with E-state index in [-0.39, 0.29) is 0 Å². The zero-order chi connectivity index (χ0) is 15.5. The number of benzene rings is 1. The van der Waals surface area contributed by atoms with Gasteiger partial charge in [0, 0.05) is 18.0 Å². The molecular weight excluding hydrogens is 348 g/mol. The van der Waals surface area contributed by atoms with E-state index in [0.29, 0.717) is 22.1 Å². The predicted molar refractivity (Wildman–Crippen MR) is 85.4 cm³/mol. The molecular formula is C15H13BrN4O2. The zero-order valence-corrected chi connectivity index (χ0v) is 13.6. The molecule has 1 aromatic carbocycles. The molecule has 0 aliphatic heterocycles. The van der Waals surface area contributed by atoms with Crippen LogP contribution in [0.15, 0.2) is 47.5 Å². The molecule has 0 spiro atoms. The average molecular weight is 361 g/mol. The van der Waals surface area contributed by atoms with Gasteiger partial charge in [0.1, 0.15) is 17.2 Å². The van der Waals surface area contributed by atoms with Crippen LogP contribution in [0.3, 0.4) is 0 Å². The van der Waals surface area contributed by atoms with Gasteiger partial charge in [-0.25, -0.2) is 0 Å². The van der Waals surface area contributed by atoms with Gasteiger partial charge in [0.05, 0.1) is 14.2 Å². The van der Waals surface area contributed by atoms with Crippen LogP contribution in [-0.2, 0) is 0 Å². The van der Waals surface area contributed by atoms with Gasteiger partial charge >= 0.3 is 0 Å². The predicted octanol–water partition coefficient (Wildman–Crippen LogP) is 3.11. The quantitative estimate of drug-likeness (QED) is 0.715. The van der Waals surface area contributed by atoms with E-state index >= 15 is 0 Å². The summed E-state index contributed by atoms with van der Waals surface area (Å²) >= 11 is 3.44. The molecule has 7 heteroatoms. The highest BCUT2D eigenvalue weighted by atomic mass is 79.9. The molecule has 0 fully saturated rings. The molecule has 0 N–H and O–H groups in total. The Morgan fingerprint density at radius 2 is 1.73 bits per heavy atom. The summed E-state index contributed by atoms with van der Waals surface area (Å²) < 4.78 is 13.3. The second-order valence-electron chi connectivity index (χ2n) is 4.38. The van der Waals surface area contributed by atoms with Crippen molar-refractivity contribution in [2.24, 2.45) is 0 Å². The highest BCUT2D eigenvalue weighted by Gasteiger charge is 2.20. The van der Waals surface area contributed by atoms with Crippen LogP contribution in [0.4, 0.5) is 0 Å². The summed E-state index contributed by atoms with van der Waals surface area (Å²) in [6.07, 6.45) is 3.44. The van der Waals surface area contributed by atoms with Crippen LogP contribution in [0.5, 0.6) is 11.5 Å². The average Bonchev–Trinajstić information content (AvgIpc) is 2.96. The highest BCUT2D eigenvalue weighted by Crippen LogP contribution is 2.37. The van der Waals surface area contributed by atoms with Crippen LogP contribution in [0.2, 0.25) is 0 Å². The smallest absolute Gasteiger partial charge is 0.205 e. The Kier molecular flexibility index (Phi) is 4.06. The largest absolute Gasteiger partial charge is 0.494 e. The minimum absolute atomic E-state index is 0.550. The number of halogens is 1. The third-order valence-electron chi connectivity index (χ3n) is 3.17. The second kappa shape index (κ2) is 6.15. The van der Waals surface area contributed by atoms with Gasteiger partial charge in [-0.1, -0.05) is 6.07 Å². The van der Waals surface area contributed by atoms with Gasteiger partial charge in [-0.05, 0) is 40.2 Å². The lowest BCUT2D eigenvalue weighted by molar-refractivity contribution is 0.391. The van der Waals surface area contributed by atoms with Crippen molar-refractivity contribution in [3.8, 4) is 28.6 Å². The summed E-state index contributed by atoms with van der Waals surface area (Å²) in [5.74, 6) is 1.96. The summed E-state index contributed by atoms with van der Waals surface area (Å²) in [7, 11) is 3.22. The molecule has 0 unspecified atom stereocenters. The van der Waals surface area contributed by atoms with Crippen LogP contribution in [0.1, 0.15) is 0 Å². The van der Waals surface area contributed by atoms with E-state index in [2.05, 4.69) is 31.1 Å². The maximum Gasteiger partial charge on any atom is 0.205 e. The summed E-state index contributed by atoms with van der Waals surface area (Å²) in [6.45, 7) is 0. The van der Waals surface area contributed by atoms with E-state index < -0.39 is 0 Å². The van der Waals surface area contributed by atoms with Gasteiger partial charge in [0.15, 0.2) is 5.82 Å². The number of nitrogens with zero attached hydrogens (tertiary/aromatic N) is 4. The molecule has 3 aromatic rings. The Balaban J connectivity index is 2.28. The molecule has 0 bridgehead atoms. The normalized spacial score (nSPS) is 10.5. The third kappa shape index (κ3) is 2.43. The first-order chi connectivity index (χ1) is 10.8. The van der Waals surface area contributed by atoms with Gasteiger partial charge < -0.3 is 9.47 Å². The third-order valence-corrected chi connectivity index (χ3v) is 3.68. The Labute approximate surface area is 135 Å². The summed E-state index contributed by atoms with van der Waals surface area (Å²) in [5.41, 5.74) is 1.57. The minimum atomic E-state index is 0.550. The van der Waals surface area contributed by atoms with Crippen molar-refractivity contribution in [3.05, 3.63) is 47.5 Å². The Morgan fingerprint density at radius 1 is 1.00 bits per heavy atom. The van der Waals surface area contributed by atoms with E-state index in [1.165, 1.54) is 0 Å². The number of methoxy groups -OCH3 is 2. The first-order valence-corrected chi connectivity index (χ1v) is 7.28. The fourth-order valence-corrected chi connectivity index (χ4v) is 2.62. The van der Waals surface area contributed by atoms with Crippen LogP contribution >= 0.6 is 15.9 Å². The van der Waals surface area contributed by atoms with Crippen LogP contribution in [0.25, 0.3) is 17.1 Å². The molecule has 0 aliphatic rings. The van der Waals surface area contributed by atoms with E-state index in [0.717, 1.165) is 11.3 Å². The summed E-state index contributed by atoms with van der Waals surface area (Å²) in [6, 6.07) is 9.35. The van der Waals surface area contributed by atoms with Crippen molar-refractivity contribution in [3.63, 3.8) is 0 Å². The number of rotatable bonds is 4. The first kappa shape index (κ1) is 14.5. The van der Waals surface area contributed by atoms with E-state index in [1.807, 2.05) is 34.9 Å². The molecule has 2 aromatic heterocycles. The number of para-hydroxylation sites is 1. The van der Waals surface area contributed by atoms with E-state index in [4.69, 9.17) is 9.47 Å². The lowest BCUT2D eigenvalue weighted by Gasteiger charge is -2.15. The number of pyridine rings is 1.